The van der Waals surface area contributed by atoms with Crippen LogP contribution in [-0.2, 0) is 4.79 Å². The molecule has 3 heterocycles. The number of carbonyl (C=O) groups excluding carboxylic acids is 2. The average molecular weight is 376 g/mol. The number of pyridine rings is 1. The van der Waals surface area contributed by atoms with Crippen molar-refractivity contribution in [2.24, 2.45) is 0 Å². The molecule has 2 aromatic heterocycles. The number of hydrogen-bond donors (Lipinski definition) is 0. The van der Waals surface area contributed by atoms with Crippen molar-refractivity contribution in [2.75, 3.05) is 20.2 Å². The minimum absolute atomic E-state index is 0.402. The first-order chi connectivity index (χ1) is 13.7. The molecule has 1 aromatic carbocycles. The maximum atomic E-state index is 13.3. The third-order valence-corrected chi connectivity index (χ3v) is 5.38. The molecule has 0 unspecified atom stereocenters. The number of likely N-dealkylation sites (tertiary alicyclic amines) is 1. The lowest BCUT2D eigenvalue weighted by Crippen LogP contribution is -2.37. The second kappa shape index (κ2) is 7.89. The summed E-state index contributed by atoms with van der Waals surface area (Å²) in [7, 11) is 1.62. The number of ether oxygens (including phenoxy) is 1. The number of ketones is 1. The van der Waals surface area contributed by atoms with Crippen molar-refractivity contribution in [3.05, 3.63) is 60.4 Å². The molecule has 5 nitrogen and oxygen atoms in total. The number of fused-ring (bicyclic) bond motifs is 1. The zero-order chi connectivity index (χ0) is 19.5. The lowest BCUT2D eigenvalue weighted by Gasteiger charge is -2.19. The molecule has 0 saturated carbocycles. The molecule has 0 atom stereocenters. The van der Waals surface area contributed by atoms with Crippen LogP contribution in [0.2, 0.25) is 0 Å². The van der Waals surface area contributed by atoms with Gasteiger partial charge in [-0.3, -0.25) is 9.59 Å². The molecular weight excluding hydrogens is 352 g/mol. The molecule has 0 bridgehead atoms. The van der Waals surface area contributed by atoms with Crippen molar-refractivity contribution in [2.45, 2.75) is 25.7 Å². The Kier molecular flexibility index (Phi) is 5.15. The van der Waals surface area contributed by atoms with Gasteiger partial charge in [-0.1, -0.05) is 31.0 Å². The number of aromatic nitrogens is 1. The normalized spacial score (nSPS) is 14.7. The van der Waals surface area contributed by atoms with Crippen molar-refractivity contribution in [3.8, 4) is 16.9 Å². The number of amides is 1. The van der Waals surface area contributed by atoms with Crippen molar-refractivity contribution in [3.63, 3.8) is 0 Å². The van der Waals surface area contributed by atoms with E-state index in [-0.39, 0.29) is 0 Å². The van der Waals surface area contributed by atoms with Crippen molar-refractivity contribution in [1.82, 2.24) is 9.30 Å². The molecule has 5 heteroatoms. The van der Waals surface area contributed by atoms with Gasteiger partial charge in [0.15, 0.2) is 0 Å². The first-order valence-electron chi connectivity index (χ1n) is 9.77. The van der Waals surface area contributed by atoms with Crippen LogP contribution in [-0.4, -0.2) is 41.2 Å². The molecule has 4 rings (SSSR count). The van der Waals surface area contributed by atoms with Crippen molar-refractivity contribution in [1.29, 1.82) is 0 Å². The quantitative estimate of drug-likeness (QED) is 0.506. The monoisotopic (exact) mass is 376 g/mol. The summed E-state index contributed by atoms with van der Waals surface area (Å²) in [4.78, 5) is 28.0. The van der Waals surface area contributed by atoms with Crippen LogP contribution < -0.4 is 4.74 Å². The van der Waals surface area contributed by atoms with E-state index in [1.807, 2.05) is 59.1 Å². The Hall–Kier alpha value is -3.08. The van der Waals surface area contributed by atoms with Crippen LogP contribution in [0.1, 0.15) is 36.2 Å². The fourth-order valence-corrected chi connectivity index (χ4v) is 3.86. The molecule has 1 aliphatic rings. The number of methoxy groups -OCH3 is 1. The molecule has 1 amide bonds. The van der Waals surface area contributed by atoms with Crippen molar-refractivity contribution < 1.29 is 14.3 Å². The summed E-state index contributed by atoms with van der Waals surface area (Å²) in [5.74, 6) is -0.0968. The minimum Gasteiger partial charge on any atom is -0.497 e. The van der Waals surface area contributed by atoms with Gasteiger partial charge in [0.2, 0.25) is 0 Å². The van der Waals surface area contributed by atoms with E-state index >= 15 is 0 Å². The van der Waals surface area contributed by atoms with Gasteiger partial charge >= 0.3 is 0 Å². The lowest BCUT2D eigenvalue weighted by atomic mass is 10.0. The number of benzene rings is 1. The number of hydrogen-bond acceptors (Lipinski definition) is 3. The molecule has 0 radical (unpaired) electrons. The Labute approximate surface area is 164 Å². The van der Waals surface area contributed by atoms with E-state index < -0.39 is 11.7 Å². The predicted octanol–water partition coefficient (Wildman–Crippen LogP) is 4.20. The Morgan fingerprint density at radius 2 is 1.64 bits per heavy atom. The molecule has 28 heavy (non-hydrogen) atoms. The van der Waals surface area contributed by atoms with Gasteiger partial charge in [-0.2, -0.15) is 0 Å². The third-order valence-electron chi connectivity index (χ3n) is 5.38. The number of rotatable bonds is 4. The van der Waals surface area contributed by atoms with E-state index in [0.29, 0.717) is 18.8 Å². The predicted molar refractivity (Wildman–Crippen MR) is 109 cm³/mol. The van der Waals surface area contributed by atoms with Crippen LogP contribution >= 0.6 is 0 Å². The second-order valence-corrected chi connectivity index (χ2v) is 7.17. The van der Waals surface area contributed by atoms with Gasteiger partial charge in [0.05, 0.1) is 7.11 Å². The topological polar surface area (TPSA) is 51.0 Å². The first-order valence-corrected chi connectivity index (χ1v) is 9.77. The summed E-state index contributed by atoms with van der Waals surface area (Å²) < 4.78 is 7.06. The standard InChI is InChI=1S/C23H24N2O3/c1-28-19-11-9-17(10-12-19)20-16-18-8-4-7-15-25(18)21(20)22(26)23(27)24-13-5-2-3-6-14-24/h4,7-12,15-16H,2-3,5-6,13-14H2,1H3. The van der Waals surface area contributed by atoms with Crippen LogP contribution in [0.25, 0.3) is 16.6 Å². The van der Waals surface area contributed by atoms with Crippen LogP contribution in [0.3, 0.4) is 0 Å². The van der Waals surface area contributed by atoms with E-state index in [0.717, 1.165) is 48.1 Å². The van der Waals surface area contributed by atoms with Gasteiger partial charge < -0.3 is 14.0 Å². The zero-order valence-corrected chi connectivity index (χ0v) is 16.1. The Bertz CT molecular complexity index is 996. The van der Waals surface area contributed by atoms with Gasteiger partial charge in [0.1, 0.15) is 11.4 Å². The maximum absolute atomic E-state index is 13.3. The Morgan fingerprint density at radius 3 is 2.32 bits per heavy atom. The van der Waals surface area contributed by atoms with Gasteiger partial charge in [-0.25, -0.2) is 0 Å². The molecule has 0 spiro atoms. The summed E-state index contributed by atoms with van der Waals surface area (Å²) in [5.41, 5.74) is 2.97. The molecule has 1 fully saturated rings. The molecule has 144 valence electrons. The van der Waals surface area contributed by atoms with E-state index in [9.17, 15) is 9.59 Å². The maximum Gasteiger partial charge on any atom is 0.296 e. The minimum atomic E-state index is -0.445. The second-order valence-electron chi connectivity index (χ2n) is 7.17. The smallest absolute Gasteiger partial charge is 0.296 e. The molecule has 0 aliphatic carbocycles. The summed E-state index contributed by atoms with van der Waals surface area (Å²) in [6.45, 7) is 1.32. The summed E-state index contributed by atoms with van der Waals surface area (Å²) in [6.07, 6.45) is 5.98. The Morgan fingerprint density at radius 1 is 0.929 bits per heavy atom. The average Bonchev–Trinajstić information content (AvgIpc) is 2.91. The first kappa shape index (κ1) is 18.3. The molecule has 0 N–H and O–H groups in total. The highest BCUT2D eigenvalue weighted by atomic mass is 16.5. The van der Waals surface area contributed by atoms with Gasteiger partial charge in [-0.05, 0) is 48.7 Å². The number of carbonyl (C=O) groups is 2. The largest absolute Gasteiger partial charge is 0.497 e. The highest BCUT2D eigenvalue weighted by Crippen LogP contribution is 2.30. The van der Waals surface area contributed by atoms with Crippen LogP contribution in [0.15, 0.2) is 54.7 Å². The van der Waals surface area contributed by atoms with Crippen LogP contribution in [0.5, 0.6) is 5.75 Å². The Balaban J connectivity index is 1.77. The summed E-state index contributed by atoms with van der Waals surface area (Å²) in [5, 5.41) is 0. The highest BCUT2D eigenvalue weighted by molar-refractivity contribution is 6.43. The van der Waals surface area contributed by atoms with Gasteiger partial charge in [0.25, 0.3) is 11.7 Å². The fourth-order valence-electron chi connectivity index (χ4n) is 3.86. The van der Waals surface area contributed by atoms with E-state index in [1.165, 1.54) is 0 Å². The number of Topliss-reactive ketones (excluding diaryl/α,β-unsaturated/α-hetero) is 1. The molecular formula is C23H24N2O3. The van der Waals surface area contributed by atoms with Gasteiger partial charge in [0, 0.05) is 30.4 Å². The molecule has 1 saturated heterocycles. The number of nitrogens with zero attached hydrogens (tertiary/aromatic N) is 2. The summed E-state index contributed by atoms with van der Waals surface area (Å²) >= 11 is 0. The lowest BCUT2D eigenvalue weighted by molar-refractivity contribution is -0.126. The third kappa shape index (κ3) is 3.40. The van der Waals surface area contributed by atoms with Gasteiger partial charge in [-0.15, -0.1) is 0 Å². The zero-order valence-electron chi connectivity index (χ0n) is 16.1. The summed E-state index contributed by atoms with van der Waals surface area (Å²) in [6, 6.07) is 15.3. The van der Waals surface area contributed by atoms with Crippen LogP contribution in [0, 0.1) is 0 Å². The highest BCUT2D eigenvalue weighted by Gasteiger charge is 2.29. The SMILES string of the molecule is COc1ccc(-c2cc3ccccn3c2C(=O)C(=O)N2CCCCCC2)cc1. The molecule has 1 aliphatic heterocycles. The van der Waals surface area contributed by atoms with Crippen molar-refractivity contribution >= 4 is 17.2 Å². The van der Waals surface area contributed by atoms with E-state index in [2.05, 4.69) is 0 Å². The van der Waals surface area contributed by atoms with E-state index in [1.54, 1.807) is 12.0 Å². The van der Waals surface area contributed by atoms with Crippen LogP contribution in [0.4, 0.5) is 0 Å². The fraction of sp³-hybridized carbons (Fsp3) is 0.304. The molecule has 3 aromatic rings. The van der Waals surface area contributed by atoms with E-state index in [4.69, 9.17) is 4.74 Å².